The second-order valence-electron chi connectivity index (χ2n) is 12.8. The van der Waals surface area contributed by atoms with E-state index < -0.39 is 23.0 Å². The van der Waals surface area contributed by atoms with Crippen LogP contribution in [-0.2, 0) is 27.2 Å². The summed E-state index contributed by atoms with van der Waals surface area (Å²) in [7, 11) is 0. The van der Waals surface area contributed by atoms with Gasteiger partial charge in [-0.3, -0.25) is 14.4 Å². The summed E-state index contributed by atoms with van der Waals surface area (Å²) in [5, 5.41) is 9.19. The van der Waals surface area contributed by atoms with Gasteiger partial charge in [0.15, 0.2) is 0 Å². The number of carbonyl (C=O) groups is 4. The molecule has 0 spiro atoms. The van der Waals surface area contributed by atoms with Crippen molar-refractivity contribution in [1.82, 2.24) is 5.32 Å². The fraction of sp³-hybridized carbons (Fsp3) is 0.209. The fourth-order valence-electron chi connectivity index (χ4n) is 6.36. The van der Waals surface area contributed by atoms with Gasteiger partial charge in [-0.15, -0.1) is 23.1 Å². The summed E-state index contributed by atoms with van der Waals surface area (Å²) in [6, 6.07) is 31.0. The Balaban J connectivity index is 1.19. The lowest BCUT2D eigenvalue weighted by Crippen LogP contribution is -2.30. The SMILES string of the molecule is CCOC(=O)c1c(NC(=O)C(CC)Sc2cccc(NC(=O)/C(=C\c3cccc(Cl)c3Cl)NC(=O)c3ccccc3)c2)sc2c1CCC(c1ccccc1)C2. The summed E-state index contributed by atoms with van der Waals surface area (Å²) in [5.41, 5.74) is 3.89. The highest BCUT2D eigenvalue weighted by molar-refractivity contribution is 8.00. The number of thiophene rings is 1. The molecule has 0 saturated heterocycles. The van der Waals surface area contributed by atoms with Crippen LogP contribution in [0.5, 0.6) is 0 Å². The van der Waals surface area contributed by atoms with Crippen LogP contribution in [0.1, 0.15) is 74.9 Å². The Bertz CT molecular complexity index is 2230. The maximum absolute atomic E-state index is 13.9. The van der Waals surface area contributed by atoms with E-state index in [1.165, 1.54) is 34.7 Å². The molecule has 2 atom stereocenters. The third kappa shape index (κ3) is 9.87. The predicted octanol–water partition coefficient (Wildman–Crippen LogP) is 10.4. The van der Waals surface area contributed by atoms with Crippen molar-refractivity contribution in [2.45, 2.75) is 55.6 Å². The number of esters is 1. The van der Waals surface area contributed by atoms with Crippen LogP contribution in [0, 0.1) is 0 Å². The van der Waals surface area contributed by atoms with Gasteiger partial charge < -0.3 is 20.7 Å². The number of hydrogen-bond acceptors (Lipinski definition) is 7. The number of hydrogen-bond donors (Lipinski definition) is 3. The maximum Gasteiger partial charge on any atom is 0.341 e. The Labute approximate surface area is 338 Å². The number of carbonyl (C=O) groups excluding carboxylic acids is 4. The minimum Gasteiger partial charge on any atom is -0.462 e. The highest BCUT2D eigenvalue weighted by Crippen LogP contribution is 2.43. The molecule has 3 N–H and O–H groups in total. The second kappa shape index (κ2) is 18.6. The average Bonchev–Trinajstić information content (AvgIpc) is 3.56. The molecule has 1 aliphatic rings. The zero-order valence-corrected chi connectivity index (χ0v) is 33.3. The van der Waals surface area contributed by atoms with E-state index in [-0.39, 0.29) is 23.2 Å². The molecule has 3 amide bonds. The molecular weight excluding hydrogens is 774 g/mol. The van der Waals surface area contributed by atoms with Gasteiger partial charge in [0.2, 0.25) is 5.91 Å². The number of nitrogens with one attached hydrogen (secondary N) is 3. The van der Waals surface area contributed by atoms with Crippen LogP contribution in [0.4, 0.5) is 10.7 Å². The van der Waals surface area contributed by atoms with Gasteiger partial charge in [0.25, 0.3) is 11.8 Å². The minimum atomic E-state index is -0.588. The third-order valence-electron chi connectivity index (χ3n) is 9.10. The van der Waals surface area contributed by atoms with Crippen molar-refractivity contribution >= 4 is 86.8 Å². The Morgan fingerprint density at radius 3 is 2.36 bits per heavy atom. The van der Waals surface area contributed by atoms with E-state index >= 15 is 0 Å². The molecule has 1 heterocycles. The van der Waals surface area contributed by atoms with Gasteiger partial charge in [-0.25, -0.2) is 4.79 Å². The Morgan fingerprint density at radius 1 is 0.909 bits per heavy atom. The van der Waals surface area contributed by atoms with E-state index in [4.69, 9.17) is 27.9 Å². The summed E-state index contributed by atoms with van der Waals surface area (Å²) in [6.45, 7) is 3.93. The first-order valence-corrected chi connectivity index (χ1v) is 20.4. The van der Waals surface area contributed by atoms with Crippen molar-refractivity contribution in [2.24, 2.45) is 0 Å². The van der Waals surface area contributed by atoms with Crippen LogP contribution in [0.3, 0.4) is 0 Å². The number of thioether (sulfide) groups is 1. The summed E-state index contributed by atoms with van der Waals surface area (Å²) < 4.78 is 5.46. The van der Waals surface area contributed by atoms with Crippen LogP contribution in [0.25, 0.3) is 6.08 Å². The van der Waals surface area contributed by atoms with Crippen LogP contribution in [0.15, 0.2) is 114 Å². The van der Waals surface area contributed by atoms with Crippen molar-refractivity contribution in [3.05, 3.63) is 152 Å². The monoisotopic (exact) mass is 811 g/mol. The molecule has 1 aliphatic carbocycles. The smallest absolute Gasteiger partial charge is 0.341 e. The first-order valence-electron chi connectivity index (χ1n) is 17.9. The number of rotatable bonds is 13. The minimum absolute atomic E-state index is 0.0481. The van der Waals surface area contributed by atoms with Gasteiger partial charge in [-0.05, 0) is 97.7 Å². The lowest BCUT2D eigenvalue weighted by Gasteiger charge is -2.23. The van der Waals surface area contributed by atoms with E-state index in [1.807, 2.05) is 31.2 Å². The summed E-state index contributed by atoms with van der Waals surface area (Å²) >= 11 is 15.5. The molecule has 282 valence electrons. The van der Waals surface area contributed by atoms with E-state index in [0.717, 1.165) is 34.6 Å². The van der Waals surface area contributed by atoms with Gasteiger partial charge in [-0.2, -0.15) is 0 Å². The van der Waals surface area contributed by atoms with Crippen molar-refractivity contribution < 1.29 is 23.9 Å². The Hall–Kier alpha value is -4.87. The predicted molar refractivity (Wildman–Crippen MR) is 223 cm³/mol. The summed E-state index contributed by atoms with van der Waals surface area (Å²) in [4.78, 5) is 55.8. The van der Waals surface area contributed by atoms with E-state index in [0.29, 0.717) is 44.7 Å². The summed E-state index contributed by atoms with van der Waals surface area (Å²) in [6.07, 6.45) is 4.38. The van der Waals surface area contributed by atoms with Gasteiger partial charge in [0, 0.05) is 21.0 Å². The molecule has 4 aromatic carbocycles. The van der Waals surface area contributed by atoms with Crippen LogP contribution >= 0.6 is 46.3 Å². The van der Waals surface area contributed by atoms with Crippen LogP contribution in [0.2, 0.25) is 10.0 Å². The lowest BCUT2D eigenvalue weighted by molar-refractivity contribution is -0.116. The molecule has 6 rings (SSSR count). The molecule has 5 aromatic rings. The highest BCUT2D eigenvalue weighted by atomic mass is 35.5. The molecule has 12 heteroatoms. The lowest BCUT2D eigenvalue weighted by atomic mass is 9.83. The molecule has 0 aliphatic heterocycles. The zero-order valence-electron chi connectivity index (χ0n) is 30.2. The number of halogens is 2. The topological polar surface area (TPSA) is 114 Å². The number of anilines is 2. The molecule has 0 fully saturated rings. The number of benzene rings is 4. The molecule has 0 saturated carbocycles. The molecule has 0 radical (unpaired) electrons. The second-order valence-corrected chi connectivity index (χ2v) is 16.0. The first-order chi connectivity index (χ1) is 26.6. The Morgan fingerprint density at radius 2 is 1.64 bits per heavy atom. The molecule has 2 unspecified atom stereocenters. The number of fused-ring (bicyclic) bond motifs is 1. The van der Waals surface area contributed by atoms with Gasteiger partial charge in [-0.1, -0.05) is 96.9 Å². The summed E-state index contributed by atoms with van der Waals surface area (Å²) in [5.74, 6) is -1.40. The number of amides is 3. The standard InChI is InChI=1S/C43H39Cl2N3O5S2/c1-3-35(41(51)48-42-37(43(52)53-4-2)32-22-21-28(24-36(32)55-42)26-13-7-5-8-14-26)54-31-19-12-18-30(25-31)46-40(50)34(23-29-17-11-20-33(44)38(29)45)47-39(49)27-15-9-6-10-16-27/h5-20,23,25,28,35H,3-4,21-22,24H2,1-2H3,(H,46,50)(H,47,49)(H,48,51)/b34-23+. The largest absolute Gasteiger partial charge is 0.462 e. The van der Waals surface area contributed by atoms with Gasteiger partial charge >= 0.3 is 5.97 Å². The van der Waals surface area contributed by atoms with Gasteiger partial charge in [0.1, 0.15) is 10.7 Å². The van der Waals surface area contributed by atoms with Crippen molar-refractivity contribution in [2.75, 3.05) is 17.2 Å². The van der Waals surface area contributed by atoms with Crippen LogP contribution < -0.4 is 16.0 Å². The highest BCUT2D eigenvalue weighted by Gasteiger charge is 2.32. The molecule has 1 aromatic heterocycles. The van der Waals surface area contributed by atoms with Crippen LogP contribution in [-0.4, -0.2) is 35.5 Å². The quantitative estimate of drug-likeness (QED) is 0.0620. The zero-order chi connectivity index (χ0) is 38.9. The normalized spacial score (nSPS) is 14.3. The van der Waals surface area contributed by atoms with Crippen molar-refractivity contribution in [1.29, 1.82) is 0 Å². The van der Waals surface area contributed by atoms with E-state index in [2.05, 4.69) is 28.1 Å². The molecule has 8 nitrogen and oxygen atoms in total. The maximum atomic E-state index is 13.9. The third-order valence-corrected chi connectivity index (χ3v) is 12.5. The molecule has 0 bridgehead atoms. The first kappa shape index (κ1) is 39.8. The molecule has 55 heavy (non-hydrogen) atoms. The van der Waals surface area contributed by atoms with Crippen molar-refractivity contribution in [3.63, 3.8) is 0 Å². The fourth-order valence-corrected chi connectivity index (χ4v) is 9.05. The average molecular weight is 813 g/mol. The van der Waals surface area contributed by atoms with Gasteiger partial charge in [0.05, 0.1) is 27.5 Å². The molecular formula is C43H39Cl2N3O5S2. The number of ether oxygens (including phenoxy) is 1. The van der Waals surface area contributed by atoms with Crippen molar-refractivity contribution in [3.8, 4) is 0 Å². The Kier molecular flexibility index (Phi) is 13.5. The van der Waals surface area contributed by atoms with E-state index in [1.54, 1.807) is 73.7 Å². The van der Waals surface area contributed by atoms with E-state index in [9.17, 15) is 19.2 Å².